The first-order valence-corrected chi connectivity index (χ1v) is 3.55. The Labute approximate surface area is 82.0 Å². The molecule has 0 bridgehead atoms. The average Bonchev–Trinajstić information content (AvgIpc) is 2.11. The van der Waals surface area contributed by atoms with E-state index in [4.69, 9.17) is 0 Å². The average molecular weight is 190 g/mol. The van der Waals surface area contributed by atoms with Gasteiger partial charge < -0.3 is 0 Å². The number of aryl methyl sites for hydroxylation is 1. The van der Waals surface area contributed by atoms with E-state index in [0.717, 1.165) is 5.56 Å². The van der Waals surface area contributed by atoms with Crippen molar-refractivity contribution >= 4 is 23.5 Å². The highest BCUT2D eigenvalue weighted by Crippen LogP contribution is 2.30. The number of rotatable bonds is 2. The van der Waals surface area contributed by atoms with E-state index in [1.807, 2.05) is 0 Å². The normalized spacial score (nSPS) is 7.79. The molecule has 0 atom stereocenters. The first kappa shape index (κ1) is 12.0. The fourth-order valence-corrected chi connectivity index (χ4v) is 0.974. The molecule has 0 radical (unpaired) electrons. The first-order chi connectivity index (χ1) is 6.29. The lowest BCUT2D eigenvalue weighted by Gasteiger charge is -1.99. The van der Waals surface area contributed by atoms with E-state index in [2.05, 4.69) is 9.98 Å². The maximum atomic E-state index is 10.1. The highest BCUT2D eigenvalue weighted by molar-refractivity contribution is 5.71. The number of nitrogens with zero attached hydrogens (tertiary/aromatic N) is 2. The van der Waals surface area contributed by atoms with Crippen molar-refractivity contribution in [3.63, 3.8) is 0 Å². The highest BCUT2D eigenvalue weighted by Gasteiger charge is 2.02. The van der Waals surface area contributed by atoms with Gasteiger partial charge in [0.25, 0.3) is 0 Å². The molecule has 14 heavy (non-hydrogen) atoms. The van der Waals surface area contributed by atoms with Gasteiger partial charge in [-0.3, -0.25) is 0 Å². The summed E-state index contributed by atoms with van der Waals surface area (Å²) in [6.45, 7) is 1.76. The molecule has 0 amide bonds. The molecule has 0 aliphatic carbocycles. The lowest BCUT2D eigenvalue weighted by Crippen LogP contribution is -1.74. The second kappa shape index (κ2) is 5.60. The second-order valence-electron chi connectivity index (χ2n) is 2.35. The van der Waals surface area contributed by atoms with Crippen LogP contribution in [0.4, 0.5) is 11.4 Å². The summed E-state index contributed by atoms with van der Waals surface area (Å²) >= 11 is 0. The van der Waals surface area contributed by atoms with Crippen molar-refractivity contribution < 1.29 is 9.59 Å². The summed E-state index contributed by atoms with van der Waals surface area (Å²) in [5, 5.41) is 0. The summed E-state index contributed by atoms with van der Waals surface area (Å²) in [5.41, 5.74) is 1.46. The standard InChI is InChI=1S/C9H6N2O2.CH4/c1-7-3-2-4-8(10-5-12)9(7)11-6-13;/h2-4H,1H3;1H4. The van der Waals surface area contributed by atoms with Crippen LogP contribution in [0, 0.1) is 6.92 Å². The van der Waals surface area contributed by atoms with Crippen molar-refractivity contribution in [3.8, 4) is 0 Å². The molecule has 1 aromatic carbocycles. The van der Waals surface area contributed by atoms with E-state index in [1.165, 1.54) is 12.2 Å². The van der Waals surface area contributed by atoms with Crippen molar-refractivity contribution in [3.05, 3.63) is 23.8 Å². The molecule has 0 spiro atoms. The quantitative estimate of drug-likeness (QED) is 0.531. The van der Waals surface area contributed by atoms with Gasteiger partial charge in [-0.15, -0.1) is 0 Å². The summed E-state index contributed by atoms with van der Waals surface area (Å²) in [6.07, 6.45) is 2.80. The fraction of sp³-hybridized carbons (Fsp3) is 0.200. The lowest BCUT2D eigenvalue weighted by atomic mass is 10.2. The molecule has 1 aromatic rings. The molecule has 72 valence electrons. The van der Waals surface area contributed by atoms with Gasteiger partial charge in [-0.1, -0.05) is 19.6 Å². The lowest BCUT2D eigenvalue weighted by molar-refractivity contribution is 0.564. The van der Waals surface area contributed by atoms with E-state index >= 15 is 0 Å². The molecule has 0 fully saturated rings. The summed E-state index contributed by atoms with van der Waals surface area (Å²) in [5.74, 6) is 0. The minimum Gasteiger partial charge on any atom is -0.211 e. The SMILES string of the molecule is C.Cc1cccc(N=C=O)c1N=C=O. The number of benzene rings is 1. The third-order valence-electron chi connectivity index (χ3n) is 1.54. The van der Waals surface area contributed by atoms with Crippen LogP contribution >= 0.6 is 0 Å². The Morgan fingerprint density at radius 2 is 1.79 bits per heavy atom. The minimum absolute atomic E-state index is 0. The topological polar surface area (TPSA) is 58.9 Å². The van der Waals surface area contributed by atoms with Crippen molar-refractivity contribution in [2.75, 3.05) is 0 Å². The molecule has 0 saturated heterocycles. The molecule has 0 saturated carbocycles. The third-order valence-corrected chi connectivity index (χ3v) is 1.54. The number of carbonyl (C=O) groups excluding carboxylic acids is 2. The summed E-state index contributed by atoms with van der Waals surface area (Å²) < 4.78 is 0. The van der Waals surface area contributed by atoms with E-state index in [0.29, 0.717) is 11.4 Å². The van der Waals surface area contributed by atoms with Crippen LogP contribution in [0.15, 0.2) is 28.2 Å². The molecule has 4 heteroatoms. The van der Waals surface area contributed by atoms with Gasteiger partial charge in [0.2, 0.25) is 12.2 Å². The predicted molar refractivity (Wildman–Crippen MR) is 53.5 cm³/mol. The van der Waals surface area contributed by atoms with Crippen LogP contribution in [0.3, 0.4) is 0 Å². The van der Waals surface area contributed by atoms with E-state index in [9.17, 15) is 9.59 Å². The number of isocyanates is 2. The Morgan fingerprint density at radius 3 is 2.36 bits per heavy atom. The summed E-state index contributed by atoms with van der Waals surface area (Å²) in [4.78, 5) is 26.9. The molecule has 0 aliphatic rings. The molecule has 0 aromatic heterocycles. The van der Waals surface area contributed by atoms with E-state index < -0.39 is 0 Å². The molecular formula is C10H10N2O2. The summed E-state index contributed by atoms with van der Waals surface area (Å²) in [6, 6.07) is 5.06. The van der Waals surface area contributed by atoms with Crippen molar-refractivity contribution in [2.45, 2.75) is 14.4 Å². The predicted octanol–water partition coefficient (Wildman–Crippen LogP) is 2.57. The van der Waals surface area contributed by atoms with Gasteiger partial charge in [-0.2, -0.15) is 9.98 Å². The van der Waals surface area contributed by atoms with Crippen LogP contribution in [0.1, 0.15) is 13.0 Å². The number of hydrogen-bond acceptors (Lipinski definition) is 4. The van der Waals surface area contributed by atoms with Crippen LogP contribution in [0.5, 0.6) is 0 Å². The maximum Gasteiger partial charge on any atom is 0.240 e. The fourth-order valence-electron chi connectivity index (χ4n) is 0.974. The van der Waals surface area contributed by atoms with Crippen molar-refractivity contribution in [1.82, 2.24) is 0 Å². The Hall–Kier alpha value is -2.02. The second-order valence-corrected chi connectivity index (χ2v) is 2.35. The zero-order chi connectivity index (χ0) is 9.68. The van der Waals surface area contributed by atoms with Gasteiger partial charge in [-0.25, -0.2) is 9.59 Å². The Morgan fingerprint density at radius 1 is 1.14 bits per heavy atom. The number of hydrogen-bond donors (Lipinski definition) is 0. The van der Waals surface area contributed by atoms with Crippen LogP contribution in [0.2, 0.25) is 0 Å². The molecule has 4 nitrogen and oxygen atoms in total. The zero-order valence-electron chi connectivity index (χ0n) is 6.94. The first-order valence-electron chi connectivity index (χ1n) is 3.55. The van der Waals surface area contributed by atoms with E-state index in [-0.39, 0.29) is 7.43 Å². The minimum atomic E-state index is 0. The summed E-state index contributed by atoms with van der Waals surface area (Å²) in [7, 11) is 0. The number of para-hydroxylation sites is 1. The van der Waals surface area contributed by atoms with Crippen LogP contribution in [-0.2, 0) is 9.59 Å². The van der Waals surface area contributed by atoms with Crippen LogP contribution in [0.25, 0.3) is 0 Å². The van der Waals surface area contributed by atoms with Crippen LogP contribution in [-0.4, -0.2) is 12.2 Å². The highest BCUT2D eigenvalue weighted by atomic mass is 16.1. The van der Waals surface area contributed by atoms with Crippen LogP contribution < -0.4 is 0 Å². The molecule has 0 aliphatic heterocycles. The molecule has 1 rings (SSSR count). The van der Waals surface area contributed by atoms with Gasteiger partial charge in [0.05, 0.1) is 0 Å². The van der Waals surface area contributed by atoms with Gasteiger partial charge in [0.15, 0.2) is 0 Å². The van der Waals surface area contributed by atoms with Crippen molar-refractivity contribution in [1.29, 1.82) is 0 Å². The van der Waals surface area contributed by atoms with Gasteiger partial charge in [0, 0.05) is 0 Å². The molecule has 0 N–H and O–H groups in total. The monoisotopic (exact) mass is 190 g/mol. The molecular weight excluding hydrogens is 180 g/mol. The van der Waals surface area contributed by atoms with Gasteiger partial charge in [0.1, 0.15) is 11.4 Å². The molecule has 0 heterocycles. The Balaban J connectivity index is 0.00000169. The Bertz CT molecular complexity index is 414. The maximum absolute atomic E-state index is 10.1. The van der Waals surface area contributed by atoms with E-state index in [1.54, 1.807) is 25.1 Å². The largest absolute Gasteiger partial charge is 0.240 e. The number of aliphatic imine (C=N–C) groups is 2. The smallest absolute Gasteiger partial charge is 0.211 e. The van der Waals surface area contributed by atoms with Crippen molar-refractivity contribution in [2.24, 2.45) is 9.98 Å². The Kier molecular flexibility index (Phi) is 4.79. The zero-order valence-corrected chi connectivity index (χ0v) is 6.94. The third kappa shape index (κ3) is 2.49. The molecule has 0 unspecified atom stereocenters. The van der Waals surface area contributed by atoms with Gasteiger partial charge >= 0.3 is 0 Å². The van der Waals surface area contributed by atoms with Gasteiger partial charge in [-0.05, 0) is 18.6 Å².